The number of carbonyl (C=O) groups excluding carboxylic acids is 2. The number of urea groups is 1. The molecule has 1 aromatic heterocycles. The van der Waals surface area contributed by atoms with Crippen LogP contribution < -0.4 is 10.6 Å². The van der Waals surface area contributed by atoms with Gasteiger partial charge in [0.05, 0.1) is 5.52 Å². The zero-order valence-corrected chi connectivity index (χ0v) is 10.2. The lowest BCUT2D eigenvalue weighted by Gasteiger charge is -2.05. The molecule has 19 heavy (non-hydrogen) atoms. The molecular weight excluding hydrogens is 246 g/mol. The molecule has 3 amide bonds. The van der Waals surface area contributed by atoms with E-state index >= 15 is 0 Å². The van der Waals surface area contributed by atoms with E-state index < -0.39 is 11.9 Å². The van der Waals surface area contributed by atoms with Gasteiger partial charge in [-0.1, -0.05) is 23.4 Å². The van der Waals surface area contributed by atoms with E-state index in [2.05, 4.69) is 27.5 Å². The predicted octanol–water partition coefficient (Wildman–Crippen LogP) is 0.443. The Morgan fingerprint density at radius 2 is 2.16 bits per heavy atom. The smallest absolute Gasteiger partial charge is 0.321 e. The van der Waals surface area contributed by atoms with Gasteiger partial charge in [0, 0.05) is 6.54 Å². The molecule has 0 aliphatic carbocycles. The van der Waals surface area contributed by atoms with Gasteiger partial charge in [-0.15, -0.1) is 11.7 Å². The lowest BCUT2D eigenvalue weighted by atomic mass is 10.3. The van der Waals surface area contributed by atoms with Crippen LogP contribution in [-0.4, -0.2) is 33.5 Å². The summed E-state index contributed by atoms with van der Waals surface area (Å²) < 4.78 is 1.44. The Hall–Kier alpha value is -2.70. The average molecular weight is 259 g/mol. The second-order valence-electron chi connectivity index (χ2n) is 3.78. The summed E-state index contributed by atoms with van der Waals surface area (Å²) >= 11 is 0. The number of amides is 3. The molecule has 7 nitrogen and oxygen atoms in total. The number of fused-ring (bicyclic) bond motifs is 1. The number of imide groups is 1. The fourth-order valence-electron chi connectivity index (χ4n) is 1.55. The Labute approximate surface area is 109 Å². The highest BCUT2D eigenvalue weighted by molar-refractivity contribution is 5.94. The van der Waals surface area contributed by atoms with Crippen LogP contribution in [0.5, 0.6) is 0 Å². The molecule has 98 valence electrons. The highest BCUT2D eigenvalue weighted by Gasteiger charge is 2.10. The van der Waals surface area contributed by atoms with E-state index in [1.165, 1.54) is 10.8 Å². The van der Waals surface area contributed by atoms with Crippen LogP contribution in [0.4, 0.5) is 4.79 Å². The van der Waals surface area contributed by atoms with Crippen molar-refractivity contribution in [3.63, 3.8) is 0 Å². The van der Waals surface area contributed by atoms with Gasteiger partial charge in [-0.05, 0) is 12.1 Å². The predicted molar refractivity (Wildman–Crippen MR) is 69.3 cm³/mol. The molecule has 2 N–H and O–H groups in total. The molecule has 1 aromatic carbocycles. The molecule has 0 saturated heterocycles. The summed E-state index contributed by atoms with van der Waals surface area (Å²) in [5.41, 5.74) is 1.44. The quantitative estimate of drug-likeness (QED) is 0.780. The van der Waals surface area contributed by atoms with Crippen LogP contribution in [0.15, 0.2) is 36.9 Å². The normalized spacial score (nSPS) is 10.1. The second-order valence-corrected chi connectivity index (χ2v) is 3.78. The molecule has 2 aromatic rings. The molecule has 0 fully saturated rings. The lowest BCUT2D eigenvalue weighted by Crippen LogP contribution is -2.41. The first-order chi connectivity index (χ1) is 9.20. The SMILES string of the molecule is C=CCNC(=O)NC(=O)Cn1nnc2ccccc21. The van der Waals surface area contributed by atoms with Crippen molar-refractivity contribution < 1.29 is 9.59 Å². The Balaban J connectivity index is 1.99. The maximum Gasteiger partial charge on any atom is 0.321 e. The van der Waals surface area contributed by atoms with Gasteiger partial charge in [0.15, 0.2) is 0 Å². The molecule has 7 heteroatoms. The van der Waals surface area contributed by atoms with Crippen molar-refractivity contribution in [2.45, 2.75) is 6.54 Å². The van der Waals surface area contributed by atoms with Gasteiger partial charge in [0.25, 0.3) is 0 Å². The van der Waals surface area contributed by atoms with Gasteiger partial charge in [-0.3, -0.25) is 10.1 Å². The highest BCUT2D eigenvalue weighted by atomic mass is 16.2. The van der Waals surface area contributed by atoms with Crippen molar-refractivity contribution in [2.75, 3.05) is 6.54 Å². The van der Waals surface area contributed by atoms with E-state index in [9.17, 15) is 9.59 Å². The largest absolute Gasteiger partial charge is 0.334 e. The molecule has 0 radical (unpaired) electrons. The average Bonchev–Trinajstić information content (AvgIpc) is 2.80. The van der Waals surface area contributed by atoms with Crippen molar-refractivity contribution >= 4 is 23.0 Å². The van der Waals surface area contributed by atoms with Crippen LogP contribution in [-0.2, 0) is 11.3 Å². The number of nitrogens with zero attached hydrogens (tertiary/aromatic N) is 3. The maximum atomic E-state index is 11.6. The molecular formula is C12H13N5O2. The Morgan fingerprint density at radius 1 is 1.37 bits per heavy atom. The zero-order chi connectivity index (χ0) is 13.7. The van der Waals surface area contributed by atoms with Crippen LogP contribution in [0, 0.1) is 0 Å². The van der Waals surface area contributed by atoms with E-state index in [1.54, 1.807) is 12.1 Å². The van der Waals surface area contributed by atoms with Crippen molar-refractivity contribution in [1.82, 2.24) is 25.6 Å². The van der Waals surface area contributed by atoms with Gasteiger partial charge in [-0.2, -0.15) is 0 Å². The van der Waals surface area contributed by atoms with E-state index in [-0.39, 0.29) is 6.54 Å². The zero-order valence-electron chi connectivity index (χ0n) is 10.2. The van der Waals surface area contributed by atoms with Crippen molar-refractivity contribution in [1.29, 1.82) is 0 Å². The van der Waals surface area contributed by atoms with E-state index in [0.29, 0.717) is 12.1 Å². The Kier molecular flexibility index (Phi) is 3.87. The van der Waals surface area contributed by atoms with Gasteiger partial charge in [0.1, 0.15) is 12.1 Å². The van der Waals surface area contributed by atoms with Gasteiger partial charge >= 0.3 is 6.03 Å². The minimum atomic E-state index is -0.561. The molecule has 0 unspecified atom stereocenters. The fraction of sp³-hybridized carbons (Fsp3) is 0.167. The summed E-state index contributed by atoms with van der Waals surface area (Å²) in [5.74, 6) is -0.461. The van der Waals surface area contributed by atoms with Crippen LogP contribution in [0.25, 0.3) is 11.0 Å². The summed E-state index contributed by atoms with van der Waals surface area (Å²) in [6.45, 7) is 3.69. The summed E-state index contributed by atoms with van der Waals surface area (Å²) in [7, 11) is 0. The minimum absolute atomic E-state index is 0.0674. The summed E-state index contributed by atoms with van der Waals surface area (Å²) in [6, 6.07) is 6.71. The number of nitrogens with one attached hydrogen (secondary N) is 2. The third-order valence-corrected chi connectivity index (χ3v) is 2.37. The standard InChI is InChI=1S/C12H13N5O2/c1-2-7-13-12(19)14-11(18)8-17-10-6-4-3-5-9(10)15-16-17/h2-6H,1,7-8H2,(H2,13,14,18,19). The van der Waals surface area contributed by atoms with Gasteiger partial charge in [-0.25, -0.2) is 9.48 Å². The van der Waals surface area contributed by atoms with Gasteiger partial charge in [0.2, 0.25) is 5.91 Å². The maximum absolute atomic E-state index is 11.6. The topological polar surface area (TPSA) is 88.9 Å². The molecule has 0 spiro atoms. The van der Waals surface area contributed by atoms with E-state index in [0.717, 1.165) is 5.52 Å². The number of hydrogen-bond acceptors (Lipinski definition) is 4. The second kappa shape index (κ2) is 5.76. The van der Waals surface area contributed by atoms with Crippen molar-refractivity contribution in [3.05, 3.63) is 36.9 Å². The van der Waals surface area contributed by atoms with Crippen LogP contribution in [0.1, 0.15) is 0 Å². The van der Waals surface area contributed by atoms with Gasteiger partial charge < -0.3 is 5.32 Å². The first-order valence-corrected chi connectivity index (χ1v) is 5.67. The number of benzene rings is 1. The molecule has 0 bridgehead atoms. The first-order valence-electron chi connectivity index (χ1n) is 5.67. The monoisotopic (exact) mass is 259 g/mol. The summed E-state index contributed by atoms with van der Waals surface area (Å²) in [4.78, 5) is 22.9. The van der Waals surface area contributed by atoms with Crippen LogP contribution in [0.3, 0.4) is 0 Å². The fourth-order valence-corrected chi connectivity index (χ4v) is 1.55. The number of aromatic nitrogens is 3. The summed E-state index contributed by atoms with van der Waals surface area (Å²) in [5, 5.41) is 12.4. The molecule has 0 atom stereocenters. The number of hydrogen-bond donors (Lipinski definition) is 2. The number of rotatable bonds is 4. The number of para-hydroxylation sites is 1. The van der Waals surface area contributed by atoms with Crippen LogP contribution >= 0.6 is 0 Å². The molecule has 0 aliphatic heterocycles. The van der Waals surface area contributed by atoms with E-state index in [4.69, 9.17) is 0 Å². The highest BCUT2D eigenvalue weighted by Crippen LogP contribution is 2.08. The Morgan fingerprint density at radius 3 is 2.95 bits per heavy atom. The first kappa shape index (κ1) is 12.7. The van der Waals surface area contributed by atoms with E-state index in [1.807, 2.05) is 12.1 Å². The minimum Gasteiger partial charge on any atom is -0.334 e. The molecule has 0 aliphatic rings. The Bertz CT molecular complexity index is 619. The van der Waals surface area contributed by atoms with Crippen molar-refractivity contribution in [2.24, 2.45) is 0 Å². The van der Waals surface area contributed by atoms with Crippen molar-refractivity contribution in [3.8, 4) is 0 Å². The molecule has 0 saturated carbocycles. The number of carbonyl (C=O) groups is 2. The molecule has 2 rings (SSSR count). The third-order valence-electron chi connectivity index (χ3n) is 2.37. The third kappa shape index (κ3) is 3.15. The summed E-state index contributed by atoms with van der Waals surface area (Å²) in [6.07, 6.45) is 1.52. The lowest BCUT2D eigenvalue weighted by molar-refractivity contribution is -0.120. The molecule has 1 heterocycles. The van der Waals surface area contributed by atoms with Crippen LogP contribution in [0.2, 0.25) is 0 Å².